The van der Waals surface area contributed by atoms with Crippen molar-refractivity contribution in [3.05, 3.63) is 0 Å². The maximum absolute atomic E-state index is 7.35. The highest BCUT2D eigenvalue weighted by Crippen LogP contribution is 2.40. The van der Waals surface area contributed by atoms with Crippen LogP contribution in [0.1, 0.15) is 33.1 Å². The topological polar surface area (TPSA) is 23.9 Å². The number of rotatable bonds is 1. The molecule has 1 heteroatoms. The molecule has 0 atom stereocenters. The van der Waals surface area contributed by atoms with Crippen molar-refractivity contribution in [2.75, 3.05) is 0 Å². The van der Waals surface area contributed by atoms with E-state index in [1.54, 1.807) is 0 Å². The highest BCUT2D eigenvalue weighted by molar-refractivity contribution is 5.85. The van der Waals surface area contributed by atoms with Gasteiger partial charge in [0.2, 0.25) is 0 Å². The van der Waals surface area contributed by atoms with Crippen molar-refractivity contribution in [1.82, 2.24) is 0 Å². The summed E-state index contributed by atoms with van der Waals surface area (Å²) in [6.45, 7) is 4.10. The van der Waals surface area contributed by atoms with E-state index in [1.807, 2.05) is 6.92 Å². The fourth-order valence-corrected chi connectivity index (χ4v) is 1.08. The summed E-state index contributed by atoms with van der Waals surface area (Å²) in [5.41, 5.74) is 1.17. The van der Waals surface area contributed by atoms with Crippen molar-refractivity contribution in [3.8, 4) is 0 Å². The van der Waals surface area contributed by atoms with E-state index in [2.05, 4.69) is 6.92 Å². The van der Waals surface area contributed by atoms with Crippen LogP contribution in [0, 0.1) is 10.8 Å². The minimum Gasteiger partial charge on any atom is -0.309 e. The summed E-state index contributed by atoms with van der Waals surface area (Å²) in [7, 11) is 0. The monoisotopic (exact) mass is 111 g/mol. The summed E-state index contributed by atoms with van der Waals surface area (Å²) in [4.78, 5) is 0. The normalized spacial score (nSPS) is 24.2. The Balaban J connectivity index is 2.53. The van der Waals surface area contributed by atoms with E-state index in [0.29, 0.717) is 5.41 Å². The Morgan fingerprint density at radius 3 is 2.00 bits per heavy atom. The third-order valence-corrected chi connectivity index (χ3v) is 2.36. The van der Waals surface area contributed by atoms with Gasteiger partial charge in [0, 0.05) is 11.1 Å². The fourth-order valence-electron chi connectivity index (χ4n) is 1.08. The maximum atomic E-state index is 7.35. The molecule has 8 heavy (non-hydrogen) atoms. The van der Waals surface area contributed by atoms with Gasteiger partial charge in [-0.3, -0.25) is 0 Å². The van der Waals surface area contributed by atoms with Crippen molar-refractivity contribution >= 4 is 5.71 Å². The van der Waals surface area contributed by atoms with Crippen molar-refractivity contribution in [1.29, 1.82) is 5.41 Å². The first-order valence-corrected chi connectivity index (χ1v) is 3.21. The van der Waals surface area contributed by atoms with Gasteiger partial charge < -0.3 is 5.41 Å². The molecule has 0 bridgehead atoms. The van der Waals surface area contributed by atoms with Gasteiger partial charge in [0.15, 0.2) is 0 Å². The minimum absolute atomic E-state index is 0.306. The molecule has 1 aliphatic carbocycles. The van der Waals surface area contributed by atoms with E-state index >= 15 is 0 Å². The van der Waals surface area contributed by atoms with Crippen LogP contribution >= 0.6 is 0 Å². The number of nitrogens with one attached hydrogen (secondary N) is 1. The van der Waals surface area contributed by atoms with Gasteiger partial charge in [-0.2, -0.15) is 0 Å². The van der Waals surface area contributed by atoms with E-state index in [4.69, 9.17) is 5.41 Å². The zero-order chi connectivity index (χ0) is 6.20. The van der Waals surface area contributed by atoms with Crippen LogP contribution in [-0.4, -0.2) is 5.71 Å². The molecule has 0 amide bonds. The molecule has 0 unspecified atom stereocenters. The molecule has 1 saturated carbocycles. The van der Waals surface area contributed by atoms with Crippen molar-refractivity contribution in [2.45, 2.75) is 33.1 Å². The predicted octanol–water partition coefficient (Wildman–Crippen LogP) is 2.22. The number of hydrogen-bond acceptors (Lipinski definition) is 1. The molecular weight excluding hydrogens is 98.1 g/mol. The largest absolute Gasteiger partial charge is 0.309 e. The van der Waals surface area contributed by atoms with E-state index in [9.17, 15) is 0 Å². The second kappa shape index (κ2) is 1.57. The van der Waals surface area contributed by atoms with Crippen LogP contribution in [-0.2, 0) is 0 Å². The lowest BCUT2D eigenvalue weighted by molar-refractivity contribution is 0.260. The Hall–Kier alpha value is -0.330. The molecule has 1 rings (SSSR count). The van der Waals surface area contributed by atoms with Crippen molar-refractivity contribution in [2.24, 2.45) is 5.41 Å². The quantitative estimate of drug-likeness (QED) is 0.502. The van der Waals surface area contributed by atoms with Gasteiger partial charge in [0.1, 0.15) is 0 Å². The lowest BCUT2D eigenvalue weighted by Gasteiger charge is -2.37. The van der Waals surface area contributed by atoms with Gasteiger partial charge in [-0.15, -0.1) is 0 Å². The summed E-state index contributed by atoms with van der Waals surface area (Å²) < 4.78 is 0. The summed E-state index contributed by atoms with van der Waals surface area (Å²) in [5, 5.41) is 7.35. The Bertz CT molecular complexity index is 112. The molecule has 0 radical (unpaired) electrons. The summed E-state index contributed by atoms with van der Waals surface area (Å²) in [6.07, 6.45) is 3.80. The van der Waals surface area contributed by atoms with Crippen LogP contribution in [0.25, 0.3) is 0 Å². The van der Waals surface area contributed by atoms with E-state index < -0.39 is 0 Å². The van der Waals surface area contributed by atoms with Crippen LogP contribution in [0.15, 0.2) is 0 Å². The standard InChI is InChI=1S/C7H13N/c1-6(8)7(2)4-3-5-7/h8H,3-5H2,1-2H3. The fraction of sp³-hybridized carbons (Fsp3) is 0.857. The second-order valence-electron chi connectivity index (χ2n) is 3.04. The lowest BCUT2D eigenvalue weighted by Crippen LogP contribution is -2.32. The van der Waals surface area contributed by atoms with E-state index in [1.165, 1.54) is 19.3 Å². The van der Waals surface area contributed by atoms with Crippen LogP contribution in [0.2, 0.25) is 0 Å². The Morgan fingerprint density at radius 2 is 2.00 bits per heavy atom. The third kappa shape index (κ3) is 0.662. The number of hydrogen-bond donors (Lipinski definition) is 1. The first kappa shape index (κ1) is 5.80. The second-order valence-corrected chi connectivity index (χ2v) is 3.04. The molecule has 0 aromatic rings. The summed E-state index contributed by atoms with van der Waals surface area (Å²) >= 11 is 0. The van der Waals surface area contributed by atoms with Crippen molar-refractivity contribution < 1.29 is 0 Å². The van der Waals surface area contributed by atoms with Gasteiger partial charge >= 0.3 is 0 Å². The van der Waals surface area contributed by atoms with Gasteiger partial charge in [0.25, 0.3) is 0 Å². The highest BCUT2D eigenvalue weighted by atomic mass is 14.5. The van der Waals surface area contributed by atoms with E-state index in [-0.39, 0.29) is 0 Å². The van der Waals surface area contributed by atoms with Gasteiger partial charge in [-0.25, -0.2) is 0 Å². The first-order chi connectivity index (χ1) is 3.65. The Morgan fingerprint density at radius 1 is 1.50 bits per heavy atom. The molecule has 1 aliphatic rings. The van der Waals surface area contributed by atoms with Gasteiger partial charge in [-0.1, -0.05) is 13.3 Å². The molecular formula is C7H13N. The first-order valence-electron chi connectivity index (χ1n) is 3.21. The Labute approximate surface area is 50.6 Å². The van der Waals surface area contributed by atoms with Crippen molar-refractivity contribution in [3.63, 3.8) is 0 Å². The van der Waals surface area contributed by atoms with Gasteiger partial charge in [0.05, 0.1) is 0 Å². The average Bonchev–Trinajstić information content (AvgIpc) is 1.60. The lowest BCUT2D eigenvalue weighted by atomic mass is 9.68. The highest BCUT2D eigenvalue weighted by Gasteiger charge is 2.33. The van der Waals surface area contributed by atoms with Crippen LogP contribution in [0.5, 0.6) is 0 Å². The zero-order valence-electron chi connectivity index (χ0n) is 5.62. The van der Waals surface area contributed by atoms with E-state index in [0.717, 1.165) is 5.71 Å². The summed E-state index contributed by atoms with van der Waals surface area (Å²) in [5.74, 6) is 0. The third-order valence-electron chi connectivity index (χ3n) is 2.36. The zero-order valence-corrected chi connectivity index (χ0v) is 5.62. The Kier molecular flexibility index (Phi) is 1.14. The molecule has 46 valence electrons. The summed E-state index contributed by atoms with van der Waals surface area (Å²) in [6, 6.07) is 0. The minimum atomic E-state index is 0.306. The SMILES string of the molecule is CC(=N)C1(C)CCC1. The molecule has 0 aromatic heterocycles. The molecule has 0 heterocycles. The molecule has 1 nitrogen and oxygen atoms in total. The average molecular weight is 111 g/mol. The maximum Gasteiger partial charge on any atom is 0.0117 e. The molecule has 1 N–H and O–H groups in total. The molecule has 0 spiro atoms. The predicted molar refractivity (Wildman–Crippen MR) is 35.4 cm³/mol. The molecule has 1 fully saturated rings. The molecule has 0 aromatic carbocycles. The molecule has 0 saturated heterocycles. The van der Waals surface area contributed by atoms with Gasteiger partial charge in [-0.05, 0) is 19.8 Å². The van der Waals surface area contributed by atoms with Crippen LogP contribution in [0.3, 0.4) is 0 Å². The molecule has 0 aliphatic heterocycles. The van der Waals surface area contributed by atoms with Crippen LogP contribution < -0.4 is 0 Å². The smallest absolute Gasteiger partial charge is 0.0117 e. The van der Waals surface area contributed by atoms with Crippen LogP contribution in [0.4, 0.5) is 0 Å².